The van der Waals surface area contributed by atoms with Crippen molar-refractivity contribution in [2.45, 2.75) is 6.61 Å². The number of carbonyl (C=O) groups excluding carboxylic acids is 1. The van der Waals surface area contributed by atoms with Gasteiger partial charge < -0.3 is 9.47 Å². The number of hydrazone groups is 1. The summed E-state index contributed by atoms with van der Waals surface area (Å²) in [5.74, 6) is 0.710. The van der Waals surface area contributed by atoms with Crippen LogP contribution in [0.3, 0.4) is 0 Å². The Kier molecular flexibility index (Phi) is 8.27. The highest BCUT2D eigenvalue weighted by atomic mass is 79.9. The monoisotopic (exact) mass is 498 g/mol. The van der Waals surface area contributed by atoms with Crippen LogP contribution >= 0.6 is 27.5 Å². The number of hydrogen-bond acceptors (Lipinski definition) is 4. The number of benzene rings is 3. The van der Waals surface area contributed by atoms with E-state index >= 15 is 0 Å². The number of nitrogens with zero attached hydrogens (tertiary/aromatic N) is 1. The summed E-state index contributed by atoms with van der Waals surface area (Å²) in [4.78, 5) is 12.7. The van der Waals surface area contributed by atoms with E-state index in [4.69, 9.17) is 21.1 Å². The van der Waals surface area contributed by atoms with E-state index in [0.29, 0.717) is 40.9 Å². The van der Waals surface area contributed by atoms with Crippen molar-refractivity contribution >= 4 is 39.7 Å². The normalized spacial score (nSPS) is 10.6. The minimum absolute atomic E-state index is 0.312. The van der Waals surface area contributed by atoms with Crippen molar-refractivity contribution in [2.24, 2.45) is 5.10 Å². The number of ether oxygens (including phenoxy) is 2. The Morgan fingerprint density at radius 2 is 1.84 bits per heavy atom. The first kappa shape index (κ1) is 22.6. The molecule has 0 aliphatic rings. The van der Waals surface area contributed by atoms with Gasteiger partial charge in [0.25, 0.3) is 5.91 Å². The molecular weight excluding hydrogens is 480 g/mol. The highest BCUT2D eigenvalue weighted by Gasteiger charge is 2.12. The lowest BCUT2D eigenvalue weighted by atomic mass is 10.2. The van der Waals surface area contributed by atoms with Crippen LogP contribution in [0.15, 0.2) is 89.0 Å². The van der Waals surface area contributed by atoms with Gasteiger partial charge in [0.05, 0.1) is 11.8 Å². The fourth-order valence-electron chi connectivity index (χ4n) is 2.64. The third-order valence-corrected chi connectivity index (χ3v) is 4.88. The fraction of sp³-hybridized carbons (Fsp3) is 0.0833. The summed E-state index contributed by atoms with van der Waals surface area (Å²) in [6.07, 6.45) is 3.18. The Balaban J connectivity index is 1.68. The van der Waals surface area contributed by atoms with Gasteiger partial charge in [-0.15, -0.1) is 0 Å². The Bertz CT molecular complexity index is 1080. The molecule has 0 saturated carbocycles. The van der Waals surface area contributed by atoms with Crippen molar-refractivity contribution < 1.29 is 14.3 Å². The molecule has 3 rings (SSSR count). The predicted molar refractivity (Wildman–Crippen MR) is 127 cm³/mol. The summed E-state index contributed by atoms with van der Waals surface area (Å²) < 4.78 is 12.3. The van der Waals surface area contributed by atoms with Gasteiger partial charge in [0.2, 0.25) is 0 Å². The number of para-hydroxylation sites is 1. The molecule has 0 aliphatic carbocycles. The summed E-state index contributed by atoms with van der Waals surface area (Å²) in [5.41, 5.74) is 4.57. The van der Waals surface area contributed by atoms with Crippen molar-refractivity contribution in [1.82, 2.24) is 5.43 Å². The molecule has 0 unspecified atom stereocenters. The average molecular weight is 500 g/mol. The minimum Gasteiger partial charge on any atom is -0.489 e. The fourth-order valence-corrected chi connectivity index (χ4v) is 3.15. The predicted octanol–water partition coefficient (Wildman–Crippen LogP) is 6.01. The molecular formula is C24H20BrClN2O3. The van der Waals surface area contributed by atoms with Gasteiger partial charge in [0, 0.05) is 15.1 Å². The summed E-state index contributed by atoms with van der Waals surface area (Å²) in [5, 5.41) is 4.73. The van der Waals surface area contributed by atoms with Crippen LogP contribution in [-0.2, 0) is 6.61 Å². The smallest absolute Gasteiger partial charge is 0.275 e. The van der Waals surface area contributed by atoms with E-state index in [1.165, 1.54) is 6.21 Å². The van der Waals surface area contributed by atoms with E-state index in [-0.39, 0.29) is 5.91 Å². The van der Waals surface area contributed by atoms with Crippen molar-refractivity contribution in [3.05, 3.63) is 106 Å². The van der Waals surface area contributed by atoms with Crippen LogP contribution < -0.4 is 14.9 Å². The largest absolute Gasteiger partial charge is 0.489 e. The molecule has 158 valence electrons. The molecule has 0 spiro atoms. The Labute approximate surface area is 194 Å². The van der Waals surface area contributed by atoms with Crippen LogP contribution in [0.4, 0.5) is 0 Å². The summed E-state index contributed by atoms with van der Waals surface area (Å²) in [6.45, 7) is 4.33. The third kappa shape index (κ3) is 6.70. The Morgan fingerprint density at radius 3 is 2.61 bits per heavy atom. The molecule has 0 atom stereocenters. The third-order valence-electron chi connectivity index (χ3n) is 4.14. The molecule has 0 aromatic heterocycles. The van der Waals surface area contributed by atoms with Crippen molar-refractivity contribution in [1.29, 1.82) is 0 Å². The maximum atomic E-state index is 12.7. The zero-order valence-electron chi connectivity index (χ0n) is 16.6. The average Bonchev–Trinajstić information content (AvgIpc) is 2.78. The number of halogens is 2. The SMILES string of the molecule is C=CCOc1ccc(Br)cc1/C=N/NC(=O)c1ccccc1OCc1ccc(Cl)cc1. The van der Waals surface area contributed by atoms with E-state index in [1.807, 2.05) is 36.4 Å². The van der Waals surface area contributed by atoms with Crippen LogP contribution in [0.2, 0.25) is 5.02 Å². The highest BCUT2D eigenvalue weighted by Crippen LogP contribution is 2.22. The van der Waals surface area contributed by atoms with Gasteiger partial charge in [-0.3, -0.25) is 4.79 Å². The molecule has 7 heteroatoms. The first-order valence-electron chi connectivity index (χ1n) is 9.39. The van der Waals surface area contributed by atoms with Gasteiger partial charge in [-0.1, -0.05) is 64.5 Å². The number of rotatable bonds is 9. The first-order chi connectivity index (χ1) is 15.1. The van der Waals surface area contributed by atoms with Gasteiger partial charge in [-0.2, -0.15) is 5.10 Å². The Morgan fingerprint density at radius 1 is 1.06 bits per heavy atom. The number of carbonyl (C=O) groups is 1. The van der Waals surface area contributed by atoms with E-state index in [9.17, 15) is 4.79 Å². The molecule has 0 bridgehead atoms. The topological polar surface area (TPSA) is 59.9 Å². The van der Waals surface area contributed by atoms with Crippen molar-refractivity contribution in [3.8, 4) is 11.5 Å². The molecule has 3 aromatic rings. The molecule has 1 N–H and O–H groups in total. The second kappa shape index (κ2) is 11.3. The second-order valence-corrected chi connectivity index (χ2v) is 7.74. The summed E-state index contributed by atoms with van der Waals surface area (Å²) >= 11 is 9.33. The van der Waals surface area contributed by atoms with Crippen LogP contribution in [0, 0.1) is 0 Å². The van der Waals surface area contributed by atoms with Crippen LogP contribution in [0.25, 0.3) is 0 Å². The van der Waals surface area contributed by atoms with E-state index in [0.717, 1.165) is 10.0 Å². The molecule has 1 amide bonds. The molecule has 3 aromatic carbocycles. The maximum Gasteiger partial charge on any atom is 0.275 e. The lowest BCUT2D eigenvalue weighted by Crippen LogP contribution is -2.18. The van der Waals surface area contributed by atoms with E-state index in [2.05, 4.69) is 33.0 Å². The molecule has 0 saturated heterocycles. The van der Waals surface area contributed by atoms with Gasteiger partial charge in [-0.25, -0.2) is 5.43 Å². The minimum atomic E-state index is -0.383. The van der Waals surface area contributed by atoms with Crippen LogP contribution in [0.5, 0.6) is 11.5 Å². The van der Waals surface area contributed by atoms with Crippen LogP contribution in [0.1, 0.15) is 21.5 Å². The quantitative estimate of drug-likeness (QED) is 0.223. The van der Waals surface area contributed by atoms with E-state index in [1.54, 1.807) is 36.4 Å². The second-order valence-electron chi connectivity index (χ2n) is 6.39. The molecule has 0 fully saturated rings. The summed E-state index contributed by atoms with van der Waals surface area (Å²) in [6, 6.07) is 19.9. The molecule has 0 heterocycles. The van der Waals surface area contributed by atoms with Crippen molar-refractivity contribution in [3.63, 3.8) is 0 Å². The summed E-state index contributed by atoms with van der Waals surface area (Å²) in [7, 11) is 0. The maximum absolute atomic E-state index is 12.7. The van der Waals surface area contributed by atoms with Gasteiger partial charge >= 0.3 is 0 Å². The standard InChI is InChI=1S/C24H20BrClN2O3/c1-2-13-30-22-12-9-19(25)14-18(22)15-27-28-24(29)21-5-3-4-6-23(21)31-16-17-7-10-20(26)11-8-17/h2-12,14-15H,1,13,16H2,(H,28,29)/b27-15+. The molecule has 5 nitrogen and oxygen atoms in total. The zero-order chi connectivity index (χ0) is 22.1. The van der Waals surface area contributed by atoms with Gasteiger partial charge in [0.15, 0.2) is 0 Å². The lowest BCUT2D eigenvalue weighted by Gasteiger charge is -2.11. The number of nitrogens with one attached hydrogen (secondary N) is 1. The van der Waals surface area contributed by atoms with E-state index < -0.39 is 0 Å². The number of hydrogen-bond donors (Lipinski definition) is 1. The van der Waals surface area contributed by atoms with Gasteiger partial charge in [0.1, 0.15) is 24.7 Å². The lowest BCUT2D eigenvalue weighted by molar-refractivity contribution is 0.0950. The molecule has 0 aliphatic heterocycles. The zero-order valence-corrected chi connectivity index (χ0v) is 18.9. The number of amides is 1. The molecule has 31 heavy (non-hydrogen) atoms. The highest BCUT2D eigenvalue weighted by molar-refractivity contribution is 9.10. The first-order valence-corrected chi connectivity index (χ1v) is 10.6. The molecule has 0 radical (unpaired) electrons. The van der Waals surface area contributed by atoms with Crippen LogP contribution in [-0.4, -0.2) is 18.7 Å². The van der Waals surface area contributed by atoms with Gasteiger partial charge in [-0.05, 0) is 48.0 Å². The van der Waals surface area contributed by atoms with Crippen molar-refractivity contribution in [2.75, 3.05) is 6.61 Å². The Hall–Kier alpha value is -3.09.